The highest BCUT2D eigenvalue weighted by molar-refractivity contribution is 9.11. The molecule has 0 saturated heterocycles. The lowest BCUT2D eigenvalue weighted by molar-refractivity contribution is 1.45. The van der Waals surface area contributed by atoms with Crippen molar-refractivity contribution >= 4 is 31.9 Å². The molecule has 1 radical (unpaired) electrons. The van der Waals surface area contributed by atoms with Crippen LogP contribution in [-0.2, 0) is 0 Å². The van der Waals surface area contributed by atoms with Gasteiger partial charge in [-0.25, -0.2) is 0 Å². The summed E-state index contributed by atoms with van der Waals surface area (Å²) in [6.07, 6.45) is 0. The maximum absolute atomic E-state index is 3.56. The number of benzene rings is 2. The summed E-state index contributed by atoms with van der Waals surface area (Å²) in [7, 11) is 0. The van der Waals surface area contributed by atoms with Gasteiger partial charge in [0, 0.05) is 8.95 Å². The highest BCUT2D eigenvalue weighted by Crippen LogP contribution is 2.31. The number of hydrogen-bond donors (Lipinski definition) is 0. The minimum atomic E-state index is 1.09. The first-order valence-corrected chi connectivity index (χ1v) is 6.19. The van der Waals surface area contributed by atoms with Gasteiger partial charge in [0.1, 0.15) is 0 Å². The van der Waals surface area contributed by atoms with Gasteiger partial charge in [-0.3, -0.25) is 0 Å². The first kappa shape index (κ1) is 10.9. The Hall–Kier alpha value is -0.600. The van der Waals surface area contributed by atoms with E-state index in [1.54, 1.807) is 0 Å². The molecule has 2 aromatic carbocycles. The second-order valence-electron chi connectivity index (χ2n) is 3.38. The van der Waals surface area contributed by atoms with E-state index in [2.05, 4.69) is 63.0 Å². The van der Waals surface area contributed by atoms with E-state index in [-0.39, 0.29) is 0 Å². The van der Waals surface area contributed by atoms with Crippen LogP contribution >= 0.6 is 31.9 Å². The maximum atomic E-state index is 3.56. The van der Waals surface area contributed by atoms with E-state index in [1.807, 2.05) is 18.2 Å². The molecule has 0 aliphatic carbocycles. The first-order chi connectivity index (χ1) is 7.16. The molecule has 2 heteroatoms. The molecule has 0 unspecified atom stereocenters. The number of hydrogen-bond acceptors (Lipinski definition) is 0. The summed E-state index contributed by atoms with van der Waals surface area (Å²) in [5, 5.41) is 0. The number of halogens is 2. The zero-order chi connectivity index (χ0) is 10.8. The molecule has 0 heterocycles. The molecular weight excluding hydrogens is 316 g/mol. The minimum absolute atomic E-state index is 1.09. The van der Waals surface area contributed by atoms with Crippen molar-refractivity contribution in [2.45, 2.75) is 6.92 Å². The highest BCUT2D eigenvalue weighted by Gasteiger charge is 2.03. The SMILES string of the molecule is Cc1[c]ccc(-c2cc(Br)ccc2Br)c1. The Kier molecular flexibility index (Phi) is 3.27. The van der Waals surface area contributed by atoms with Gasteiger partial charge < -0.3 is 0 Å². The molecule has 2 rings (SSSR count). The molecular formula is C13H9Br2. The third kappa shape index (κ3) is 2.50. The molecule has 0 aliphatic rings. The monoisotopic (exact) mass is 323 g/mol. The number of aryl methyl sites for hydroxylation is 1. The van der Waals surface area contributed by atoms with E-state index in [1.165, 1.54) is 11.1 Å². The molecule has 0 atom stereocenters. The van der Waals surface area contributed by atoms with Crippen molar-refractivity contribution in [2.75, 3.05) is 0 Å². The van der Waals surface area contributed by atoms with Gasteiger partial charge in [-0.2, -0.15) is 0 Å². The second kappa shape index (κ2) is 4.50. The standard InChI is InChI=1S/C13H9Br2/c1-9-3-2-4-10(7-9)12-8-11(14)5-6-13(12)15/h2,4-8H,1H3. The van der Waals surface area contributed by atoms with Gasteiger partial charge in [-0.1, -0.05) is 50.1 Å². The molecule has 0 nitrogen and oxygen atoms in total. The Bertz CT molecular complexity index is 490. The summed E-state index contributed by atoms with van der Waals surface area (Å²) >= 11 is 7.04. The van der Waals surface area contributed by atoms with Crippen LogP contribution in [0.1, 0.15) is 5.56 Å². The van der Waals surface area contributed by atoms with E-state index in [9.17, 15) is 0 Å². The first-order valence-electron chi connectivity index (χ1n) is 4.60. The van der Waals surface area contributed by atoms with Crippen molar-refractivity contribution in [2.24, 2.45) is 0 Å². The Morgan fingerprint density at radius 1 is 1.07 bits per heavy atom. The molecule has 0 N–H and O–H groups in total. The largest absolute Gasteiger partial charge is 0.0537 e. The van der Waals surface area contributed by atoms with E-state index in [0.29, 0.717) is 0 Å². The van der Waals surface area contributed by atoms with Crippen LogP contribution in [0.2, 0.25) is 0 Å². The van der Waals surface area contributed by atoms with Crippen molar-refractivity contribution in [3.05, 3.63) is 57.0 Å². The predicted octanol–water partition coefficient (Wildman–Crippen LogP) is 4.99. The molecule has 2 aromatic rings. The van der Waals surface area contributed by atoms with Gasteiger partial charge in [0.15, 0.2) is 0 Å². The molecule has 75 valence electrons. The Morgan fingerprint density at radius 2 is 1.87 bits per heavy atom. The maximum Gasteiger partial charge on any atom is 0.0254 e. The van der Waals surface area contributed by atoms with E-state index in [4.69, 9.17) is 0 Å². The average molecular weight is 325 g/mol. The third-order valence-electron chi connectivity index (χ3n) is 2.19. The fourth-order valence-corrected chi connectivity index (χ4v) is 2.31. The van der Waals surface area contributed by atoms with Crippen LogP contribution in [0.5, 0.6) is 0 Å². The van der Waals surface area contributed by atoms with Crippen LogP contribution in [0, 0.1) is 13.0 Å². The topological polar surface area (TPSA) is 0 Å². The molecule has 0 amide bonds. The summed E-state index contributed by atoms with van der Waals surface area (Å²) in [4.78, 5) is 0. The van der Waals surface area contributed by atoms with E-state index < -0.39 is 0 Å². The predicted molar refractivity (Wildman–Crippen MR) is 70.9 cm³/mol. The highest BCUT2D eigenvalue weighted by atomic mass is 79.9. The van der Waals surface area contributed by atoms with Gasteiger partial charge in [0.2, 0.25) is 0 Å². The van der Waals surface area contributed by atoms with Gasteiger partial charge in [0.25, 0.3) is 0 Å². The van der Waals surface area contributed by atoms with Crippen molar-refractivity contribution in [1.29, 1.82) is 0 Å². The quantitative estimate of drug-likeness (QED) is 0.693. The molecule has 0 fully saturated rings. The summed E-state index contributed by atoms with van der Waals surface area (Å²) in [6.45, 7) is 2.05. The Morgan fingerprint density at radius 3 is 2.60 bits per heavy atom. The summed E-state index contributed by atoms with van der Waals surface area (Å²) < 4.78 is 2.20. The molecule has 0 spiro atoms. The lowest BCUT2D eigenvalue weighted by atomic mass is 10.0. The van der Waals surface area contributed by atoms with Crippen LogP contribution < -0.4 is 0 Å². The normalized spacial score (nSPS) is 10.3. The van der Waals surface area contributed by atoms with Gasteiger partial charge in [-0.05, 0) is 47.9 Å². The van der Waals surface area contributed by atoms with Crippen molar-refractivity contribution in [3.63, 3.8) is 0 Å². The Labute approximate surface area is 107 Å². The Balaban J connectivity index is 2.58. The smallest absolute Gasteiger partial charge is 0.0254 e. The van der Waals surface area contributed by atoms with Gasteiger partial charge in [0.05, 0.1) is 0 Å². The lowest BCUT2D eigenvalue weighted by Crippen LogP contribution is -1.81. The van der Waals surface area contributed by atoms with Crippen LogP contribution in [0.3, 0.4) is 0 Å². The zero-order valence-corrected chi connectivity index (χ0v) is 11.4. The minimum Gasteiger partial charge on any atom is -0.0537 e. The zero-order valence-electron chi connectivity index (χ0n) is 8.22. The molecule has 0 aromatic heterocycles. The average Bonchev–Trinajstić information content (AvgIpc) is 2.22. The lowest BCUT2D eigenvalue weighted by Gasteiger charge is -2.06. The second-order valence-corrected chi connectivity index (χ2v) is 5.15. The summed E-state index contributed by atoms with van der Waals surface area (Å²) in [5.74, 6) is 0. The molecule has 0 aliphatic heterocycles. The fraction of sp³-hybridized carbons (Fsp3) is 0.0769. The van der Waals surface area contributed by atoms with Crippen molar-refractivity contribution < 1.29 is 0 Å². The van der Waals surface area contributed by atoms with Crippen molar-refractivity contribution in [3.8, 4) is 11.1 Å². The molecule has 15 heavy (non-hydrogen) atoms. The van der Waals surface area contributed by atoms with Crippen LogP contribution in [0.25, 0.3) is 11.1 Å². The molecule has 0 saturated carbocycles. The summed E-state index contributed by atoms with van der Waals surface area (Å²) in [5.41, 5.74) is 3.56. The third-order valence-corrected chi connectivity index (χ3v) is 3.37. The summed E-state index contributed by atoms with van der Waals surface area (Å²) in [6, 6.07) is 15.5. The van der Waals surface area contributed by atoms with Crippen molar-refractivity contribution in [1.82, 2.24) is 0 Å². The van der Waals surface area contributed by atoms with Gasteiger partial charge >= 0.3 is 0 Å². The molecule has 0 bridgehead atoms. The van der Waals surface area contributed by atoms with Crippen LogP contribution in [0.4, 0.5) is 0 Å². The van der Waals surface area contributed by atoms with E-state index >= 15 is 0 Å². The fourth-order valence-electron chi connectivity index (χ4n) is 1.47. The van der Waals surface area contributed by atoms with Crippen LogP contribution in [0.15, 0.2) is 45.3 Å². The number of rotatable bonds is 1. The van der Waals surface area contributed by atoms with E-state index in [0.717, 1.165) is 14.5 Å². The van der Waals surface area contributed by atoms with Gasteiger partial charge in [-0.15, -0.1) is 0 Å². The van der Waals surface area contributed by atoms with Crippen LogP contribution in [-0.4, -0.2) is 0 Å².